The molecule has 1 aliphatic rings. The second kappa shape index (κ2) is 8.53. The zero-order valence-electron chi connectivity index (χ0n) is 15.5. The number of hydrogen-bond acceptors (Lipinski definition) is 3. The van der Waals surface area contributed by atoms with Gasteiger partial charge in [0.15, 0.2) is 5.82 Å². The molecule has 2 heterocycles. The van der Waals surface area contributed by atoms with E-state index in [-0.39, 0.29) is 17.5 Å². The molecule has 1 aromatic carbocycles. The van der Waals surface area contributed by atoms with Crippen molar-refractivity contribution in [1.82, 2.24) is 19.6 Å². The first-order valence-corrected chi connectivity index (χ1v) is 10.3. The molecule has 1 fully saturated rings. The van der Waals surface area contributed by atoms with Gasteiger partial charge < -0.3 is 5.32 Å². The number of carbonyl (C=O) groups excluding carboxylic acids is 1. The van der Waals surface area contributed by atoms with Crippen molar-refractivity contribution in [2.24, 2.45) is 0 Å². The van der Waals surface area contributed by atoms with Crippen LogP contribution in [0.5, 0.6) is 0 Å². The minimum absolute atomic E-state index is 0.0515. The Kier molecular flexibility index (Phi) is 5.99. The zero-order valence-corrected chi connectivity index (χ0v) is 17.7. The topological polar surface area (TPSA) is 64.7 Å². The van der Waals surface area contributed by atoms with Crippen molar-refractivity contribution >= 4 is 46.5 Å². The molecule has 0 bridgehead atoms. The third kappa shape index (κ3) is 4.61. The molecule has 0 spiro atoms. The average molecular weight is 475 g/mol. The molecule has 30 heavy (non-hydrogen) atoms. The van der Waals surface area contributed by atoms with Crippen LogP contribution >= 0.6 is 34.8 Å². The molecule has 1 amide bonds. The van der Waals surface area contributed by atoms with Crippen molar-refractivity contribution in [2.75, 3.05) is 5.32 Å². The van der Waals surface area contributed by atoms with E-state index in [1.807, 2.05) is 0 Å². The minimum Gasteiger partial charge on any atom is -0.308 e. The van der Waals surface area contributed by atoms with Gasteiger partial charge in [-0.05, 0) is 30.5 Å². The second-order valence-electron chi connectivity index (χ2n) is 7.00. The SMILES string of the molecule is O=C(Cn1nc(C(F)F)c(Cl)c1C1CC1)Nc1ccn(Cc2ccc(Cl)cc2Cl)n1. The predicted octanol–water partition coefficient (Wildman–Crippen LogP) is 5.54. The monoisotopic (exact) mass is 473 g/mol. The smallest absolute Gasteiger partial charge is 0.283 e. The summed E-state index contributed by atoms with van der Waals surface area (Å²) in [4.78, 5) is 12.4. The van der Waals surface area contributed by atoms with Crippen molar-refractivity contribution < 1.29 is 13.6 Å². The average Bonchev–Trinajstić information content (AvgIpc) is 3.32. The van der Waals surface area contributed by atoms with E-state index < -0.39 is 18.0 Å². The summed E-state index contributed by atoms with van der Waals surface area (Å²) < 4.78 is 29.1. The number of alkyl halides is 2. The maximum Gasteiger partial charge on any atom is 0.283 e. The van der Waals surface area contributed by atoms with Crippen molar-refractivity contribution in [3.8, 4) is 0 Å². The Morgan fingerprint density at radius 2 is 1.97 bits per heavy atom. The molecule has 3 aromatic rings. The predicted molar refractivity (Wildman–Crippen MR) is 111 cm³/mol. The normalized spacial score (nSPS) is 13.8. The molecule has 0 saturated heterocycles. The number of nitrogens with zero attached hydrogens (tertiary/aromatic N) is 4. The van der Waals surface area contributed by atoms with E-state index in [1.165, 1.54) is 4.68 Å². The highest BCUT2D eigenvalue weighted by Crippen LogP contribution is 2.45. The van der Waals surface area contributed by atoms with Gasteiger partial charge in [-0.1, -0.05) is 40.9 Å². The maximum atomic E-state index is 13.1. The summed E-state index contributed by atoms with van der Waals surface area (Å²) in [6.07, 6.45) is 0.575. The van der Waals surface area contributed by atoms with Gasteiger partial charge in [0.2, 0.25) is 5.91 Å². The van der Waals surface area contributed by atoms with Gasteiger partial charge in [-0.3, -0.25) is 14.2 Å². The molecule has 4 rings (SSSR count). The van der Waals surface area contributed by atoms with Crippen molar-refractivity contribution in [2.45, 2.75) is 38.3 Å². The summed E-state index contributed by atoms with van der Waals surface area (Å²) in [7, 11) is 0. The molecule has 0 unspecified atom stereocenters. The molecule has 1 aliphatic carbocycles. The highest BCUT2D eigenvalue weighted by molar-refractivity contribution is 6.35. The fourth-order valence-electron chi connectivity index (χ4n) is 3.14. The molecule has 0 aliphatic heterocycles. The van der Waals surface area contributed by atoms with E-state index >= 15 is 0 Å². The van der Waals surface area contributed by atoms with Crippen LogP contribution in [0.3, 0.4) is 0 Å². The maximum absolute atomic E-state index is 13.1. The van der Waals surface area contributed by atoms with Crippen LogP contribution in [-0.4, -0.2) is 25.5 Å². The lowest BCUT2D eigenvalue weighted by atomic mass is 10.2. The van der Waals surface area contributed by atoms with Gasteiger partial charge in [-0.25, -0.2) is 8.78 Å². The number of hydrogen-bond donors (Lipinski definition) is 1. The first-order valence-electron chi connectivity index (χ1n) is 9.13. The number of nitrogens with one attached hydrogen (secondary N) is 1. The molecule has 1 saturated carbocycles. The number of aromatic nitrogens is 4. The molecule has 158 valence electrons. The van der Waals surface area contributed by atoms with Gasteiger partial charge in [-0.2, -0.15) is 10.2 Å². The Bertz CT molecular complexity index is 1090. The first-order chi connectivity index (χ1) is 14.3. The summed E-state index contributed by atoms with van der Waals surface area (Å²) in [6.45, 7) is 0.165. The Labute approximate surface area is 185 Å². The second-order valence-corrected chi connectivity index (χ2v) is 8.22. The summed E-state index contributed by atoms with van der Waals surface area (Å²) in [5.41, 5.74) is 0.822. The summed E-state index contributed by atoms with van der Waals surface area (Å²) in [5, 5.41) is 11.8. The van der Waals surface area contributed by atoms with Crippen LogP contribution in [0.1, 0.15) is 42.1 Å². The van der Waals surface area contributed by atoms with Gasteiger partial charge in [-0.15, -0.1) is 0 Å². The van der Waals surface area contributed by atoms with E-state index in [0.29, 0.717) is 28.1 Å². The highest BCUT2D eigenvalue weighted by Gasteiger charge is 2.34. The first kappa shape index (κ1) is 21.1. The lowest BCUT2D eigenvalue weighted by molar-refractivity contribution is -0.117. The molecular weight excluding hydrogens is 459 g/mol. The molecule has 6 nitrogen and oxygen atoms in total. The fraction of sp³-hybridized carbons (Fsp3) is 0.316. The van der Waals surface area contributed by atoms with Gasteiger partial charge in [0.05, 0.1) is 17.3 Å². The number of anilines is 1. The zero-order chi connectivity index (χ0) is 21.4. The molecule has 1 N–H and O–H groups in total. The lowest BCUT2D eigenvalue weighted by Gasteiger charge is -2.07. The molecule has 11 heteroatoms. The van der Waals surface area contributed by atoms with E-state index in [0.717, 1.165) is 18.4 Å². The van der Waals surface area contributed by atoms with E-state index in [4.69, 9.17) is 34.8 Å². The van der Waals surface area contributed by atoms with Gasteiger partial charge >= 0.3 is 0 Å². The summed E-state index contributed by atoms with van der Waals surface area (Å²) in [6, 6.07) is 6.80. The molecule has 2 aromatic heterocycles. The number of amides is 1. The third-order valence-electron chi connectivity index (χ3n) is 4.68. The van der Waals surface area contributed by atoms with E-state index in [9.17, 15) is 13.6 Å². The van der Waals surface area contributed by atoms with Crippen molar-refractivity contribution in [3.05, 3.63) is 62.5 Å². The Morgan fingerprint density at radius 1 is 1.20 bits per heavy atom. The van der Waals surface area contributed by atoms with E-state index in [1.54, 1.807) is 35.1 Å². The van der Waals surface area contributed by atoms with E-state index in [2.05, 4.69) is 15.5 Å². The highest BCUT2D eigenvalue weighted by atomic mass is 35.5. The van der Waals surface area contributed by atoms with Crippen LogP contribution in [0.25, 0.3) is 0 Å². The molecule has 0 atom stereocenters. The van der Waals surface area contributed by atoms with Crippen LogP contribution in [0, 0.1) is 0 Å². The number of benzene rings is 1. The number of carbonyl (C=O) groups is 1. The fourth-order valence-corrected chi connectivity index (χ4v) is 3.98. The van der Waals surface area contributed by atoms with Gasteiger partial charge in [0.1, 0.15) is 12.2 Å². The number of halogens is 5. The van der Waals surface area contributed by atoms with Crippen molar-refractivity contribution in [3.63, 3.8) is 0 Å². The summed E-state index contributed by atoms with van der Waals surface area (Å²) in [5.74, 6) is -0.0503. The number of rotatable bonds is 7. The van der Waals surface area contributed by atoms with Crippen LogP contribution in [0.4, 0.5) is 14.6 Å². The summed E-state index contributed by atoms with van der Waals surface area (Å²) >= 11 is 18.1. The Hall–Kier alpha value is -2.16. The van der Waals surface area contributed by atoms with Gasteiger partial charge in [0.25, 0.3) is 6.43 Å². The minimum atomic E-state index is -2.80. The van der Waals surface area contributed by atoms with Crippen LogP contribution in [0.15, 0.2) is 30.5 Å². The quantitative estimate of drug-likeness (QED) is 0.489. The lowest BCUT2D eigenvalue weighted by Crippen LogP contribution is -2.21. The Morgan fingerprint density at radius 3 is 2.63 bits per heavy atom. The largest absolute Gasteiger partial charge is 0.308 e. The standard InChI is InChI=1S/C19H16Cl3F2N5O/c20-12-4-3-11(13(21)7-12)8-28-6-5-14(26-28)25-15(30)9-29-18(10-1-2-10)16(22)17(27-29)19(23)24/h3-7,10,19H,1-2,8-9H2,(H,25,26,30). The van der Waals surface area contributed by atoms with Gasteiger partial charge in [0, 0.05) is 28.2 Å². The molecule has 0 radical (unpaired) electrons. The molecular formula is C19H16Cl3F2N5O. The third-order valence-corrected chi connectivity index (χ3v) is 5.65. The van der Waals surface area contributed by atoms with Crippen molar-refractivity contribution in [1.29, 1.82) is 0 Å². The van der Waals surface area contributed by atoms with Crippen LogP contribution in [0.2, 0.25) is 15.1 Å². The van der Waals surface area contributed by atoms with Crippen LogP contribution < -0.4 is 5.32 Å². The Balaban J connectivity index is 1.43. The van der Waals surface area contributed by atoms with Crippen LogP contribution in [-0.2, 0) is 17.9 Å².